The highest BCUT2D eigenvalue weighted by molar-refractivity contribution is 5.95. The van der Waals surface area contributed by atoms with Gasteiger partial charge in [0.2, 0.25) is 0 Å². The first-order valence-corrected chi connectivity index (χ1v) is 8.41. The Bertz CT molecular complexity index is 825. The van der Waals surface area contributed by atoms with Gasteiger partial charge in [-0.15, -0.1) is 0 Å². The maximum Gasteiger partial charge on any atom is -0.00486 e. The number of hydrogen-bond donors (Lipinski definition) is 0. The van der Waals surface area contributed by atoms with Gasteiger partial charge in [0.25, 0.3) is 0 Å². The van der Waals surface area contributed by atoms with Crippen LogP contribution in [0.5, 0.6) is 0 Å². The number of fused-ring (bicyclic) bond motifs is 3. The monoisotopic (exact) mass is 288 g/mol. The van der Waals surface area contributed by atoms with E-state index in [9.17, 15) is 0 Å². The number of benzene rings is 2. The molecule has 2 aromatic rings. The smallest absolute Gasteiger partial charge is 0.00486 e. The van der Waals surface area contributed by atoms with E-state index in [0.29, 0.717) is 5.92 Å². The molecule has 0 N–H and O–H groups in total. The van der Waals surface area contributed by atoms with Crippen molar-refractivity contribution in [1.29, 1.82) is 0 Å². The van der Waals surface area contributed by atoms with Crippen molar-refractivity contribution in [2.24, 2.45) is 11.3 Å². The molecule has 112 valence electrons. The van der Waals surface area contributed by atoms with Crippen LogP contribution < -0.4 is 0 Å². The summed E-state index contributed by atoms with van der Waals surface area (Å²) in [5.41, 5.74) is 8.00. The molecule has 0 radical (unpaired) electrons. The van der Waals surface area contributed by atoms with E-state index in [2.05, 4.69) is 70.2 Å². The number of allylic oxidation sites excluding steroid dienone is 4. The van der Waals surface area contributed by atoms with Gasteiger partial charge in [-0.3, -0.25) is 0 Å². The molecule has 0 spiro atoms. The molecule has 0 saturated carbocycles. The van der Waals surface area contributed by atoms with Crippen LogP contribution in [0, 0.1) is 11.3 Å². The molecule has 0 fully saturated rings. The van der Waals surface area contributed by atoms with Crippen molar-refractivity contribution in [3.05, 3.63) is 64.7 Å². The zero-order valence-corrected chi connectivity index (χ0v) is 14.0. The molecule has 4 rings (SSSR count). The molecule has 2 aliphatic rings. The first-order chi connectivity index (χ1) is 10.4. The van der Waals surface area contributed by atoms with E-state index in [1.54, 1.807) is 16.7 Å². The van der Waals surface area contributed by atoms with Crippen LogP contribution in [0.15, 0.2) is 53.6 Å². The second kappa shape index (κ2) is 4.59. The summed E-state index contributed by atoms with van der Waals surface area (Å²) in [6.07, 6.45) is 4.83. The summed E-state index contributed by atoms with van der Waals surface area (Å²) in [5, 5.41) is 2.73. The molecule has 2 aromatic carbocycles. The van der Waals surface area contributed by atoms with Gasteiger partial charge in [-0.25, -0.2) is 0 Å². The predicted octanol–water partition coefficient (Wildman–Crippen LogP) is 6.16. The van der Waals surface area contributed by atoms with Crippen LogP contribution >= 0.6 is 0 Å². The minimum absolute atomic E-state index is 0.216. The van der Waals surface area contributed by atoms with Gasteiger partial charge in [-0.1, -0.05) is 69.7 Å². The van der Waals surface area contributed by atoms with Crippen molar-refractivity contribution in [3.63, 3.8) is 0 Å². The van der Waals surface area contributed by atoms with Crippen molar-refractivity contribution in [1.82, 2.24) is 0 Å². The Morgan fingerprint density at radius 1 is 1.00 bits per heavy atom. The van der Waals surface area contributed by atoms with Crippen molar-refractivity contribution in [2.75, 3.05) is 0 Å². The van der Waals surface area contributed by atoms with Crippen LogP contribution in [0.2, 0.25) is 0 Å². The first kappa shape index (κ1) is 13.8. The van der Waals surface area contributed by atoms with Gasteiger partial charge < -0.3 is 0 Å². The lowest BCUT2D eigenvalue weighted by Crippen LogP contribution is -2.16. The fourth-order valence-corrected chi connectivity index (χ4v) is 4.09. The Morgan fingerprint density at radius 2 is 1.68 bits per heavy atom. The van der Waals surface area contributed by atoms with Crippen molar-refractivity contribution < 1.29 is 0 Å². The Hall–Kier alpha value is -1.82. The minimum Gasteiger partial charge on any atom is -0.0796 e. The molecule has 2 aliphatic carbocycles. The molecule has 1 atom stereocenters. The van der Waals surface area contributed by atoms with Gasteiger partial charge in [0, 0.05) is 0 Å². The largest absolute Gasteiger partial charge is 0.0796 e. The summed E-state index contributed by atoms with van der Waals surface area (Å²) in [4.78, 5) is 0. The molecule has 0 aliphatic heterocycles. The van der Waals surface area contributed by atoms with Crippen LogP contribution in [0.4, 0.5) is 0 Å². The molecule has 0 heteroatoms. The zero-order valence-electron chi connectivity index (χ0n) is 14.0. The lowest BCUT2D eigenvalue weighted by atomic mass is 9.74. The van der Waals surface area contributed by atoms with Crippen LogP contribution in [0.1, 0.15) is 45.2 Å². The van der Waals surface area contributed by atoms with Crippen molar-refractivity contribution >= 4 is 16.3 Å². The predicted molar refractivity (Wildman–Crippen MR) is 95.9 cm³/mol. The van der Waals surface area contributed by atoms with Crippen molar-refractivity contribution in [3.8, 4) is 0 Å². The Balaban J connectivity index is 1.96. The second-order valence-corrected chi connectivity index (χ2v) is 7.94. The van der Waals surface area contributed by atoms with Gasteiger partial charge in [0.15, 0.2) is 0 Å². The Morgan fingerprint density at radius 3 is 2.36 bits per heavy atom. The van der Waals surface area contributed by atoms with E-state index < -0.39 is 0 Å². The lowest BCUT2D eigenvalue weighted by Gasteiger charge is -2.31. The minimum atomic E-state index is 0.216. The maximum absolute atomic E-state index is 2.49. The topological polar surface area (TPSA) is 0 Å². The molecule has 0 amide bonds. The summed E-state index contributed by atoms with van der Waals surface area (Å²) in [7, 11) is 0. The van der Waals surface area contributed by atoms with Crippen LogP contribution in [-0.2, 0) is 6.42 Å². The number of hydrogen-bond acceptors (Lipinski definition) is 0. The third kappa shape index (κ3) is 1.97. The average molecular weight is 288 g/mol. The molecule has 22 heavy (non-hydrogen) atoms. The quantitative estimate of drug-likeness (QED) is 0.544. The van der Waals surface area contributed by atoms with Crippen molar-refractivity contribution in [2.45, 2.75) is 40.5 Å². The fraction of sp³-hybridized carbons (Fsp3) is 0.364. The molecule has 0 saturated heterocycles. The summed E-state index contributed by atoms with van der Waals surface area (Å²) < 4.78 is 0. The summed E-state index contributed by atoms with van der Waals surface area (Å²) in [6, 6.07) is 13.6. The molecule has 0 nitrogen and oxygen atoms in total. The molecule has 1 unspecified atom stereocenters. The average Bonchev–Trinajstić information content (AvgIpc) is 2.83. The SMILES string of the molecule is CC1CC=C(C(C)(C)C)C2=C1Cc1cc3ccccc3cc12. The van der Waals surface area contributed by atoms with E-state index in [0.717, 1.165) is 6.42 Å². The summed E-state index contributed by atoms with van der Waals surface area (Å²) in [6.45, 7) is 9.42. The summed E-state index contributed by atoms with van der Waals surface area (Å²) >= 11 is 0. The lowest BCUT2D eigenvalue weighted by molar-refractivity contribution is 0.508. The molecular weight excluding hydrogens is 264 g/mol. The van der Waals surface area contributed by atoms with E-state index >= 15 is 0 Å². The van der Waals surface area contributed by atoms with Gasteiger partial charge in [-0.2, -0.15) is 0 Å². The Kier molecular flexibility index (Phi) is 2.88. The highest BCUT2D eigenvalue weighted by Gasteiger charge is 2.34. The number of rotatable bonds is 0. The van der Waals surface area contributed by atoms with E-state index in [1.807, 2.05) is 0 Å². The molecular formula is C22H24. The van der Waals surface area contributed by atoms with E-state index in [1.165, 1.54) is 28.3 Å². The fourth-order valence-electron chi connectivity index (χ4n) is 4.09. The maximum atomic E-state index is 2.49. The van der Waals surface area contributed by atoms with Crippen LogP contribution in [0.25, 0.3) is 16.3 Å². The van der Waals surface area contributed by atoms with Gasteiger partial charge in [0.1, 0.15) is 0 Å². The highest BCUT2D eigenvalue weighted by atomic mass is 14.4. The van der Waals surface area contributed by atoms with Gasteiger partial charge >= 0.3 is 0 Å². The van der Waals surface area contributed by atoms with E-state index in [4.69, 9.17) is 0 Å². The molecule has 0 heterocycles. The molecule has 0 aromatic heterocycles. The van der Waals surface area contributed by atoms with Gasteiger partial charge in [0.05, 0.1) is 0 Å². The van der Waals surface area contributed by atoms with Crippen LogP contribution in [0.3, 0.4) is 0 Å². The normalized spacial score (nSPS) is 20.9. The van der Waals surface area contributed by atoms with Crippen LogP contribution in [-0.4, -0.2) is 0 Å². The second-order valence-electron chi connectivity index (χ2n) is 7.94. The highest BCUT2D eigenvalue weighted by Crippen LogP contribution is 2.50. The van der Waals surface area contributed by atoms with E-state index in [-0.39, 0.29) is 5.41 Å². The third-order valence-electron chi connectivity index (χ3n) is 5.29. The molecule has 0 bridgehead atoms. The van der Waals surface area contributed by atoms with Gasteiger partial charge in [-0.05, 0) is 63.3 Å². The first-order valence-electron chi connectivity index (χ1n) is 8.41. The zero-order chi connectivity index (χ0) is 15.5. The summed E-state index contributed by atoms with van der Waals surface area (Å²) in [5.74, 6) is 0.677. The Labute approximate surface area is 133 Å². The standard InChI is InChI=1S/C22H24/c1-14-9-10-20(22(2,3)4)21-18(14)13-17-11-15-7-5-6-8-16(15)12-19(17)21/h5-8,10-12,14H,9,13H2,1-4H3. The third-order valence-corrected chi connectivity index (χ3v) is 5.29.